The number of amides is 1. The van der Waals surface area contributed by atoms with Crippen LogP contribution >= 0.6 is 0 Å². The quantitative estimate of drug-likeness (QED) is 0.691. The van der Waals surface area contributed by atoms with Crippen LogP contribution in [0.5, 0.6) is 5.75 Å². The maximum atomic E-state index is 12.4. The normalized spacial score (nSPS) is 10.4. The Morgan fingerprint density at radius 3 is 2.40 bits per heavy atom. The van der Waals surface area contributed by atoms with Crippen LogP contribution in [0.3, 0.4) is 0 Å². The molecule has 3 nitrogen and oxygen atoms in total. The van der Waals surface area contributed by atoms with E-state index in [1.807, 2.05) is 36.4 Å². The van der Waals surface area contributed by atoms with E-state index in [1.54, 1.807) is 30.3 Å². The minimum Gasteiger partial charge on any atom is -0.506 e. The number of carbonyl (C=O) groups excluding carboxylic acids is 1. The molecule has 3 aromatic carbocycles. The number of rotatable bonds is 2. The topological polar surface area (TPSA) is 49.3 Å². The van der Waals surface area contributed by atoms with Crippen molar-refractivity contribution in [3.05, 3.63) is 72.3 Å². The molecule has 0 spiro atoms. The van der Waals surface area contributed by atoms with Gasteiger partial charge in [0.15, 0.2) is 0 Å². The Morgan fingerprint density at radius 2 is 1.55 bits per heavy atom. The highest BCUT2D eigenvalue weighted by molar-refractivity contribution is 6.13. The van der Waals surface area contributed by atoms with Crippen LogP contribution in [0.15, 0.2) is 66.7 Å². The first-order valence-corrected chi connectivity index (χ1v) is 6.33. The summed E-state index contributed by atoms with van der Waals surface area (Å²) in [6.07, 6.45) is 0. The molecule has 98 valence electrons. The lowest BCUT2D eigenvalue weighted by atomic mass is 10.0. The molecule has 0 heterocycles. The second-order valence-electron chi connectivity index (χ2n) is 4.50. The zero-order valence-corrected chi connectivity index (χ0v) is 10.7. The van der Waals surface area contributed by atoms with Gasteiger partial charge in [0.25, 0.3) is 5.91 Å². The van der Waals surface area contributed by atoms with Crippen molar-refractivity contribution in [2.75, 3.05) is 5.32 Å². The van der Waals surface area contributed by atoms with E-state index in [1.165, 1.54) is 0 Å². The van der Waals surface area contributed by atoms with Gasteiger partial charge in [-0.15, -0.1) is 0 Å². The third kappa shape index (κ3) is 2.21. The highest BCUT2D eigenvalue weighted by atomic mass is 16.3. The SMILES string of the molecule is O=C(Nc1ccccc1O)c1cccc2ccccc12. The zero-order chi connectivity index (χ0) is 13.9. The van der Waals surface area contributed by atoms with Crippen LogP contribution in [-0.2, 0) is 0 Å². The molecule has 0 aliphatic heterocycles. The molecule has 3 aromatic rings. The number of anilines is 1. The fourth-order valence-corrected chi connectivity index (χ4v) is 2.19. The van der Waals surface area contributed by atoms with Gasteiger partial charge in [-0.05, 0) is 29.0 Å². The molecule has 0 radical (unpaired) electrons. The van der Waals surface area contributed by atoms with Gasteiger partial charge >= 0.3 is 0 Å². The minimum absolute atomic E-state index is 0.0566. The van der Waals surface area contributed by atoms with Gasteiger partial charge in [0.2, 0.25) is 0 Å². The molecule has 0 aliphatic carbocycles. The first kappa shape index (κ1) is 12.2. The smallest absolute Gasteiger partial charge is 0.256 e. The summed E-state index contributed by atoms with van der Waals surface area (Å²) in [5.41, 5.74) is 0.997. The molecule has 2 N–H and O–H groups in total. The van der Waals surface area contributed by atoms with Gasteiger partial charge in [0.1, 0.15) is 5.75 Å². The molecule has 0 saturated heterocycles. The molecule has 3 rings (SSSR count). The number of para-hydroxylation sites is 2. The van der Waals surface area contributed by atoms with Crippen molar-refractivity contribution >= 4 is 22.4 Å². The third-order valence-corrected chi connectivity index (χ3v) is 3.19. The van der Waals surface area contributed by atoms with E-state index in [-0.39, 0.29) is 11.7 Å². The Bertz CT molecular complexity index is 775. The van der Waals surface area contributed by atoms with Crippen molar-refractivity contribution < 1.29 is 9.90 Å². The number of hydrogen-bond donors (Lipinski definition) is 2. The van der Waals surface area contributed by atoms with E-state index >= 15 is 0 Å². The Morgan fingerprint density at radius 1 is 0.850 bits per heavy atom. The molecule has 0 atom stereocenters. The van der Waals surface area contributed by atoms with Crippen LogP contribution in [-0.4, -0.2) is 11.0 Å². The monoisotopic (exact) mass is 263 g/mol. The predicted molar refractivity (Wildman–Crippen MR) is 80.0 cm³/mol. The van der Waals surface area contributed by atoms with Crippen molar-refractivity contribution in [1.29, 1.82) is 0 Å². The maximum Gasteiger partial charge on any atom is 0.256 e. The first-order valence-electron chi connectivity index (χ1n) is 6.33. The lowest BCUT2D eigenvalue weighted by Gasteiger charge is -2.09. The molecule has 20 heavy (non-hydrogen) atoms. The Labute approximate surface area is 116 Å². The molecule has 0 aromatic heterocycles. The Kier molecular flexibility index (Phi) is 3.09. The highest BCUT2D eigenvalue weighted by Gasteiger charge is 2.11. The second kappa shape index (κ2) is 5.05. The van der Waals surface area contributed by atoms with E-state index in [2.05, 4.69) is 5.32 Å². The second-order valence-corrected chi connectivity index (χ2v) is 4.50. The summed E-state index contributed by atoms with van der Waals surface area (Å²) >= 11 is 0. The fourth-order valence-electron chi connectivity index (χ4n) is 2.19. The standard InChI is InChI=1S/C17H13NO2/c19-16-11-4-3-10-15(16)18-17(20)14-9-5-7-12-6-1-2-8-13(12)14/h1-11,19H,(H,18,20). The Hall–Kier alpha value is -2.81. The average Bonchev–Trinajstić information content (AvgIpc) is 2.49. The van der Waals surface area contributed by atoms with Gasteiger partial charge in [-0.25, -0.2) is 0 Å². The summed E-state index contributed by atoms with van der Waals surface area (Å²) in [5, 5.41) is 14.3. The number of carbonyl (C=O) groups is 1. The predicted octanol–water partition coefficient (Wildman–Crippen LogP) is 3.80. The van der Waals surface area contributed by atoms with E-state index in [4.69, 9.17) is 0 Å². The largest absolute Gasteiger partial charge is 0.506 e. The van der Waals surface area contributed by atoms with Gasteiger partial charge in [-0.2, -0.15) is 0 Å². The van der Waals surface area contributed by atoms with Crippen molar-refractivity contribution in [3.8, 4) is 5.75 Å². The molecule has 0 unspecified atom stereocenters. The molecular formula is C17H13NO2. The molecule has 3 heteroatoms. The maximum absolute atomic E-state index is 12.4. The summed E-state index contributed by atoms with van der Waals surface area (Å²) in [7, 11) is 0. The third-order valence-electron chi connectivity index (χ3n) is 3.19. The van der Waals surface area contributed by atoms with Crippen LogP contribution in [0.1, 0.15) is 10.4 Å². The van der Waals surface area contributed by atoms with Crippen LogP contribution in [0, 0.1) is 0 Å². The summed E-state index contributed by atoms with van der Waals surface area (Å²) in [6.45, 7) is 0. The molecule has 0 saturated carbocycles. The van der Waals surface area contributed by atoms with Crippen molar-refractivity contribution in [2.45, 2.75) is 0 Å². The summed E-state index contributed by atoms with van der Waals surface area (Å²) in [4.78, 5) is 12.4. The van der Waals surface area contributed by atoms with E-state index in [0.29, 0.717) is 11.3 Å². The minimum atomic E-state index is -0.233. The molecule has 0 fully saturated rings. The molecule has 1 amide bonds. The average molecular weight is 263 g/mol. The zero-order valence-electron chi connectivity index (χ0n) is 10.7. The number of aromatic hydroxyl groups is 1. The summed E-state index contributed by atoms with van der Waals surface area (Å²) in [5.74, 6) is -0.176. The van der Waals surface area contributed by atoms with E-state index in [9.17, 15) is 9.90 Å². The van der Waals surface area contributed by atoms with Crippen LogP contribution in [0.2, 0.25) is 0 Å². The number of phenols is 1. The molecular weight excluding hydrogens is 250 g/mol. The summed E-state index contributed by atoms with van der Waals surface area (Å²) < 4.78 is 0. The number of benzene rings is 3. The van der Waals surface area contributed by atoms with Crippen LogP contribution in [0.25, 0.3) is 10.8 Å². The fraction of sp³-hybridized carbons (Fsp3) is 0. The summed E-state index contributed by atoms with van der Waals surface area (Å²) in [6, 6.07) is 20.0. The van der Waals surface area contributed by atoms with Gasteiger partial charge < -0.3 is 10.4 Å². The Balaban J connectivity index is 1.99. The first-order chi connectivity index (χ1) is 9.75. The van der Waals surface area contributed by atoms with Gasteiger partial charge in [0.05, 0.1) is 5.69 Å². The van der Waals surface area contributed by atoms with Gasteiger partial charge in [0, 0.05) is 5.56 Å². The van der Waals surface area contributed by atoms with E-state index < -0.39 is 0 Å². The number of nitrogens with one attached hydrogen (secondary N) is 1. The lowest BCUT2D eigenvalue weighted by molar-refractivity contribution is 0.102. The van der Waals surface area contributed by atoms with E-state index in [0.717, 1.165) is 10.8 Å². The van der Waals surface area contributed by atoms with Crippen LogP contribution < -0.4 is 5.32 Å². The van der Waals surface area contributed by atoms with Crippen molar-refractivity contribution in [3.63, 3.8) is 0 Å². The van der Waals surface area contributed by atoms with Gasteiger partial charge in [-0.3, -0.25) is 4.79 Å². The number of phenolic OH excluding ortho intramolecular Hbond substituents is 1. The number of fused-ring (bicyclic) bond motifs is 1. The molecule has 0 aliphatic rings. The number of hydrogen-bond acceptors (Lipinski definition) is 2. The molecule has 0 bridgehead atoms. The highest BCUT2D eigenvalue weighted by Crippen LogP contribution is 2.24. The van der Waals surface area contributed by atoms with Crippen molar-refractivity contribution in [1.82, 2.24) is 0 Å². The van der Waals surface area contributed by atoms with Gasteiger partial charge in [-0.1, -0.05) is 48.5 Å². The van der Waals surface area contributed by atoms with Crippen LogP contribution in [0.4, 0.5) is 5.69 Å². The lowest BCUT2D eigenvalue weighted by Crippen LogP contribution is -2.12. The van der Waals surface area contributed by atoms with Crippen molar-refractivity contribution in [2.24, 2.45) is 0 Å².